The third kappa shape index (κ3) is 4.63. The molecule has 110 valence electrons. The van der Waals surface area contributed by atoms with Gasteiger partial charge in [-0.05, 0) is 34.8 Å². The van der Waals surface area contributed by atoms with E-state index in [2.05, 4.69) is 38.2 Å². The Hall–Kier alpha value is -2.29. The van der Waals surface area contributed by atoms with Gasteiger partial charge in [0.1, 0.15) is 5.76 Å². The summed E-state index contributed by atoms with van der Waals surface area (Å²) in [6.07, 6.45) is 4.94. The second-order valence-corrected chi connectivity index (χ2v) is 6.00. The fourth-order valence-electron chi connectivity index (χ4n) is 1.91. The Balaban J connectivity index is 1.90. The molecule has 0 spiro atoms. The summed E-state index contributed by atoms with van der Waals surface area (Å²) in [5.41, 5.74) is 2.43. The van der Waals surface area contributed by atoms with E-state index in [-0.39, 0.29) is 11.3 Å². The first kappa shape index (κ1) is 15.1. The number of hydrogen-bond donors (Lipinski definition) is 1. The first-order valence-corrected chi connectivity index (χ1v) is 7.04. The Morgan fingerprint density at radius 2 is 1.90 bits per heavy atom. The largest absolute Gasteiger partial charge is 0.467 e. The monoisotopic (exact) mass is 283 g/mol. The van der Waals surface area contributed by atoms with Crippen LogP contribution in [-0.4, -0.2) is 5.91 Å². The summed E-state index contributed by atoms with van der Waals surface area (Å²) in [7, 11) is 0. The van der Waals surface area contributed by atoms with E-state index in [1.807, 2.05) is 24.3 Å². The second-order valence-electron chi connectivity index (χ2n) is 6.00. The maximum atomic E-state index is 11.7. The SMILES string of the molecule is CC(C)(C)c1ccc(/C=C/C(=O)NCc2ccco2)cc1. The first-order valence-electron chi connectivity index (χ1n) is 7.04. The molecule has 1 N–H and O–H groups in total. The quantitative estimate of drug-likeness (QED) is 0.864. The van der Waals surface area contributed by atoms with Crippen molar-refractivity contribution in [3.63, 3.8) is 0 Å². The third-order valence-corrected chi connectivity index (χ3v) is 3.22. The summed E-state index contributed by atoms with van der Waals surface area (Å²) >= 11 is 0. The van der Waals surface area contributed by atoms with Crippen LogP contribution >= 0.6 is 0 Å². The topological polar surface area (TPSA) is 42.2 Å². The molecule has 3 nitrogen and oxygen atoms in total. The lowest BCUT2D eigenvalue weighted by atomic mass is 9.87. The maximum Gasteiger partial charge on any atom is 0.244 e. The number of furan rings is 1. The molecule has 0 aliphatic heterocycles. The van der Waals surface area contributed by atoms with Crippen molar-refractivity contribution in [1.29, 1.82) is 0 Å². The standard InChI is InChI=1S/C18H21NO2/c1-18(2,3)15-9-6-14(7-10-15)8-11-17(20)19-13-16-5-4-12-21-16/h4-12H,13H2,1-3H3,(H,19,20)/b11-8+. The molecule has 0 fully saturated rings. The van der Waals surface area contributed by atoms with E-state index in [1.54, 1.807) is 12.3 Å². The highest BCUT2D eigenvalue weighted by Crippen LogP contribution is 2.22. The van der Waals surface area contributed by atoms with Crippen LogP contribution < -0.4 is 5.32 Å². The molecule has 0 aliphatic carbocycles. The minimum atomic E-state index is -0.133. The van der Waals surface area contributed by atoms with Crippen LogP contribution in [0, 0.1) is 0 Å². The molecule has 3 heteroatoms. The van der Waals surface area contributed by atoms with Crippen molar-refractivity contribution < 1.29 is 9.21 Å². The Morgan fingerprint density at radius 1 is 1.19 bits per heavy atom. The molecule has 0 unspecified atom stereocenters. The van der Waals surface area contributed by atoms with Crippen LogP contribution in [0.15, 0.2) is 53.2 Å². The molecule has 2 rings (SSSR count). The van der Waals surface area contributed by atoms with Crippen LogP contribution in [0.2, 0.25) is 0 Å². The summed E-state index contributed by atoms with van der Waals surface area (Å²) in [5, 5.41) is 2.77. The fourth-order valence-corrected chi connectivity index (χ4v) is 1.91. The molecule has 0 aliphatic rings. The van der Waals surface area contributed by atoms with Crippen LogP contribution in [-0.2, 0) is 16.8 Å². The number of amides is 1. The highest BCUT2D eigenvalue weighted by Gasteiger charge is 2.12. The van der Waals surface area contributed by atoms with E-state index < -0.39 is 0 Å². The van der Waals surface area contributed by atoms with Crippen molar-refractivity contribution in [1.82, 2.24) is 5.32 Å². The normalized spacial score (nSPS) is 11.8. The molecule has 0 saturated heterocycles. The Kier molecular flexibility index (Phi) is 4.63. The lowest BCUT2D eigenvalue weighted by Gasteiger charge is -2.18. The first-order chi connectivity index (χ1) is 9.95. The summed E-state index contributed by atoms with van der Waals surface area (Å²) in [6, 6.07) is 11.9. The Morgan fingerprint density at radius 3 is 2.48 bits per heavy atom. The summed E-state index contributed by atoms with van der Waals surface area (Å²) < 4.78 is 5.15. The molecule has 1 heterocycles. The third-order valence-electron chi connectivity index (χ3n) is 3.22. The lowest BCUT2D eigenvalue weighted by Crippen LogP contribution is -2.19. The van der Waals surface area contributed by atoms with Gasteiger partial charge in [0.2, 0.25) is 5.91 Å². The van der Waals surface area contributed by atoms with Gasteiger partial charge in [0.15, 0.2) is 0 Å². The van der Waals surface area contributed by atoms with Crippen molar-refractivity contribution in [2.75, 3.05) is 0 Å². The maximum absolute atomic E-state index is 11.7. The number of benzene rings is 1. The molecule has 0 saturated carbocycles. The molecule has 21 heavy (non-hydrogen) atoms. The summed E-state index contributed by atoms with van der Waals surface area (Å²) in [6.45, 7) is 6.94. The van der Waals surface area contributed by atoms with Crippen LogP contribution in [0.3, 0.4) is 0 Å². The predicted octanol–water partition coefficient (Wildman–Crippen LogP) is 3.91. The van der Waals surface area contributed by atoms with E-state index in [0.717, 1.165) is 11.3 Å². The van der Waals surface area contributed by atoms with Gasteiger partial charge in [0.05, 0.1) is 12.8 Å². The van der Waals surface area contributed by atoms with Crippen molar-refractivity contribution in [3.05, 3.63) is 65.6 Å². The number of hydrogen-bond acceptors (Lipinski definition) is 2. The average Bonchev–Trinajstić information content (AvgIpc) is 2.95. The van der Waals surface area contributed by atoms with E-state index >= 15 is 0 Å². The predicted molar refractivity (Wildman–Crippen MR) is 84.7 cm³/mol. The van der Waals surface area contributed by atoms with E-state index in [0.29, 0.717) is 6.54 Å². The molecule has 1 aromatic carbocycles. The van der Waals surface area contributed by atoms with Gasteiger partial charge in [0.25, 0.3) is 0 Å². The zero-order valence-corrected chi connectivity index (χ0v) is 12.7. The van der Waals surface area contributed by atoms with Crippen LogP contribution in [0.25, 0.3) is 6.08 Å². The lowest BCUT2D eigenvalue weighted by molar-refractivity contribution is -0.116. The molecule has 2 aromatic rings. The van der Waals surface area contributed by atoms with Crippen LogP contribution in [0.4, 0.5) is 0 Å². The zero-order valence-electron chi connectivity index (χ0n) is 12.7. The molecule has 1 amide bonds. The van der Waals surface area contributed by atoms with Crippen LogP contribution in [0.5, 0.6) is 0 Å². The summed E-state index contributed by atoms with van der Waals surface area (Å²) in [4.78, 5) is 11.7. The van der Waals surface area contributed by atoms with Gasteiger partial charge in [-0.1, -0.05) is 45.0 Å². The van der Waals surface area contributed by atoms with E-state index in [4.69, 9.17) is 4.42 Å². The zero-order chi connectivity index (χ0) is 15.3. The van der Waals surface area contributed by atoms with Gasteiger partial charge in [-0.25, -0.2) is 0 Å². The van der Waals surface area contributed by atoms with Gasteiger partial charge in [-0.3, -0.25) is 4.79 Å². The molecule has 0 bridgehead atoms. The van der Waals surface area contributed by atoms with Gasteiger partial charge >= 0.3 is 0 Å². The molecular formula is C18H21NO2. The molecule has 0 atom stereocenters. The molecule has 0 radical (unpaired) electrons. The van der Waals surface area contributed by atoms with Crippen molar-refractivity contribution in [2.24, 2.45) is 0 Å². The van der Waals surface area contributed by atoms with Crippen LogP contribution in [0.1, 0.15) is 37.7 Å². The van der Waals surface area contributed by atoms with E-state index in [1.165, 1.54) is 11.6 Å². The van der Waals surface area contributed by atoms with Gasteiger partial charge < -0.3 is 9.73 Å². The number of nitrogens with one attached hydrogen (secondary N) is 1. The highest BCUT2D eigenvalue weighted by molar-refractivity contribution is 5.91. The Labute approximate surface area is 125 Å². The Bertz CT molecular complexity index is 602. The number of rotatable bonds is 4. The van der Waals surface area contributed by atoms with Gasteiger partial charge in [-0.15, -0.1) is 0 Å². The molecule has 1 aromatic heterocycles. The minimum Gasteiger partial charge on any atom is -0.467 e. The van der Waals surface area contributed by atoms with Crippen molar-refractivity contribution in [2.45, 2.75) is 32.7 Å². The van der Waals surface area contributed by atoms with E-state index in [9.17, 15) is 4.79 Å². The van der Waals surface area contributed by atoms with Gasteiger partial charge in [0, 0.05) is 6.08 Å². The minimum absolute atomic E-state index is 0.133. The highest BCUT2D eigenvalue weighted by atomic mass is 16.3. The second kappa shape index (κ2) is 6.44. The smallest absolute Gasteiger partial charge is 0.244 e. The number of carbonyl (C=O) groups is 1. The fraction of sp³-hybridized carbons (Fsp3) is 0.278. The molecular weight excluding hydrogens is 262 g/mol. The van der Waals surface area contributed by atoms with Gasteiger partial charge in [-0.2, -0.15) is 0 Å². The average molecular weight is 283 g/mol. The summed E-state index contributed by atoms with van der Waals surface area (Å²) in [5.74, 6) is 0.609. The van der Waals surface area contributed by atoms with Crippen molar-refractivity contribution >= 4 is 12.0 Å². The van der Waals surface area contributed by atoms with Crippen molar-refractivity contribution in [3.8, 4) is 0 Å². The number of carbonyl (C=O) groups excluding carboxylic acids is 1.